The Labute approximate surface area is 86.5 Å². The highest BCUT2D eigenvalue weighted by molar-refractivity contribution is 5.35. The van der Waals surface area contributed by atoms with Crippen molar-refractivity contribution >= 4 is 0 Å². The molecule has 0 saturated carbocycles. The largest absolute Gasteiger partial charge is 0.325 e. The maximum absolute atomic E-state index is 13.3. The molecule has 1 heterocycles. The van der Waals surface area contributed by atoms with E-state index in [0.717, 1.165) is 5.69 Å². The Balaban J connectivity index is 2.50. The molecule has 0 aliphatic carbocycles. The quantitative estimate of drug-likeness (QED) is 0.802. The smallest absolute Gasteiger partial charge is 0.128 e. The summed E-state index contributed by atoms with van der Waals surface area (Å²) in [6, 6.07) is 4.90. The summed E-state index contributed by atoms with van der Waals surface area (Å²) < 4.78 is 14.8. The van der Waals surface area contributed by atoms with Crippen LogP contribution in [0.2, 0.25) is 0 Å². The monoisotopic (exact) mass is 206 g/mol. The van der Waals surface area contributed by atoms with Gasteiger partial charge in [-0.1, -0.05) is 11.3 Å². The van der Waals surface area contributed by atoms with E-state index in [9.17, 15) is 4.39 Å². The van der Waals surface area contributed by atoms with Crippen LogP contribution in [-0.4, -0.2) is 15.0 Å². The summed E-state index contributed by atoms with van der Waals surface area (Å²) in [5.74, 6) is -0.258. The van der Waals surface area contributed by atoms with Gasteiger partial charge in [0.1, 0.15) is 5.82 Å². The zero-order chi connectivity index (χ0) is 10.8. The van der Waals surface area contributed by atoms with Crippen LogP contribution in [0, 0.1) is 12.7 Å². The molecule has 4 nitrogen and oxygen atoms in total. The second kappa shape index (κ2) is 3.78. The Morgan fingerprint density at radius 3 is 2.93 bits per heavy atom. The first kappa shape index (κ1) is 9.79. The average Bonchev–Trinajstić information content (AvgIpc) is 2.70. The minimum atomic E-state index is -0.258. The van der Waals surface area contributed by atoms with E-state index in [-0.39, 0.29) is 5.82 Å². The molecule has 0 amide bonds. The minimum absolute atomic E-state index is 0.258. The molecule has 0 bridgehead atoms. The zero-order valence-electron chi connectivity index (χ0n) is 8.31. The molecule has 0 radical (unpaired) electrons. The molecule has 1 aromatic carbocycles. The number of hydrogen-bond acceptors (Lipinski definition) is 3. The van der Waals surface area contributed by atoms with Gasteiger partial charge in [0.2, 0.25) is 0 Å². The lowest BCUT2D eigenvalue weighted by molar-refractivity contribution is 0.614. The third-order valence-corrected chi connectivity index (χ3v) is 2.23. The van der Waals surface area contributed by atoms with E-state index in [1.807, 2.05) is 0 Å². The fourth-order valence-corrected chi connectivity index (χ4v) is 1.33. The Bertz CT molecular complexity index is 478. The maximum Gasteiger partial charge on any atom is 0.128 e. The SMILES string of the molecule is Cc1ccc(-n2nncc2CN)cc1F. The van der Waals surface area contributed by atoms with Gasteiger partial charge in [-0.05, 0) is 24.6 Å². The average molecular weight is 206 g/mol. The molecule has 78 valence electrons. The normalized spacial score (nSPS) is 10.6. The van der Waals surface area contributed by atoms with Crippen molar-refractivity contribution in [1.29, 1.82) is 0 Å². The number of hydrogen-bond donors (Lipinski definition) is 1. The Morgan fingerprint density at radius 1 is 1.47 bits per heavy atom. The molecule has 0 spiro atoms. The van der Waals surface area contributed by atoms with Gasteiger partial charge in [0, 0.05) is 6.54 Å². The van der Waals surface area contributed by atoms with Gasteiger partial charge in [-0.2, -0.15) is 0 Å². The molecule has 0 saturated heterocycles. The fourth-order valence-electron chi connectivity index (χ4n) is 1.33. The third-order valence-electron chi connectivity index (χ3n) is 2.23. The second-order valence-electron chi connectivity index (χ2n) is 3.27. The Morgan fingerprint density at radius 2 is 2.27 bits per heavy atom. The van der Waals surface area contributed by atoms with E-state index < -0.39 is 0 Å². The number of halogens is 1. The second-order valence-corrected chi connectivity index (χ2v) is 3.27. The molecule has 2 rings (SSSR count). The molecule has 2 aromatic rings. The fraction of sp³-hybridized carbons (Fsp3) is 0.200. The van der Waals surface area contributed by atoms with E-state index in [2.05, 4.69) is 10.3 Å². The number of aromatic nitrogens is 3. The van der Waals surface area contributed by atoms with Crippen LogP contribution in [-0.2, 0) is 6.54 Å². The summed E-state index contributed by atoms with van der Waals surface area (Å²) in [6.45, 7) is 2.03. The van der Waals surface area contributed by atoms with Gasteiger partial charge < -0.3 is 5.73 Å². The first-order chi connectivity index (χ1) is 7.22. The van der Waals surface area contributed by atoms with E-state index in [1.165, 1.54) is 10.7 Å². The van der Waals surface area contributed by atoms with Crippen LogP contribution >= 0.6 is 0 Å². The van der Waals surface area contributed by atoms with Gasteiger partial charge in [0.15, 0.2) is 0 Å². The molecule has 2 N–H and O–H groups in total. The summed E-state index contributed by atoms with van der Waals surface area (Å²) in [6.07, 6.45) is 1.57. The van der Waals surface area contributed by atoms with Gasteiger partial charge in [0.05, 0.1) is 17.6 Å². The van der Waals surface area contributed by atoms with E-state index in [1.54, 1.807) is 25.3 Å². The van der Waals surface area contributed by atoms with Crippen LogP contribution in [0.4, 0.5) is 4.39 Å². The van der Waals surface area contributed by atoms with Crippen molar-refractivity contribution in [3.8, 4) is 5.69 Å². The molecule has 0 aliphatic heterocycles. The van der Waals surface area contributed by atoms with Crippen LogP contribution in [0.25, 0.3) is 5.69 Å². The molecule has 0 atom stereocenters. The topological polar surface area (TPSA) is 56.7 Å². The summed E-state index contributed by atoms with van der Waals surface area (Å²) in [4.78, 5) is 0. The van der Waals surface area contributed by atoms with Gasteiger partial charge in [0.25, 0.3) is 0 Å². The van der Waals surface area contributed by atoms with E-state index in [4.69, 9.17) is 5.73 Å². The molecular formula is C10H11FN4. The minimum Gasteiger partial charge on any atom is -0.325 e. The summed E-state index contributed by atoms with van der Waals surface area (Å²) in [5, 5.41) is 7.58. The molecule has 0 unspecified atom stereocenters. The Kier molecular flexibility index (Phi) is 2.47. The number of nitrogens with two attached hydrogens (primary N) is 1. The van der Waals surface area contributed by atoms with Gasteiger partial charge in [-0.3, -0.25) is 0 Å². The third kappa shape index (κ3) is 1.73. The van der Waals surface area contributed by atoms with Crippen molar-refractivity contribution in [3.63, 3.8) is 0 Å². The summed E-state index contributed by atoms with van der Waals surface area (Å²) in [5.41, 5.74) is 7.49. The van der Waals surface area contributed by atoms with Gasteiger partial charge >= 0.3 is 0 Å². The van der Waals surface area contributed by atoms with Gasteiger partial charge in [-0.25, -0.2) is 9.07 Å². The summed E-state index contributed by atoms with van der Waals surface area (Å²) in [7, 11) is 0. The molecule has 5 heteroatoms. The first-order valence-electron chi connectivity index (χ1n) is 4.58. The van der Waals surface area contributed by atoms with E-state index >= 15 is 0 Å². The summed E-state index contributed by atoms with van der Waals surface area (Å²) >= 11 is 0. The predicted octanol–water partition coefficient (Wildman–Crippen LogP) is 1.17. The molecular weight excluding hydrogens is 195 g/mol. The number of benzene rings is 1. The highest BCUT2D eigenvalue weighted by Gasteiger charge is 2.06. The molecule has 0 aliphatic rings. The number of aryl methyl sites for hydroxylation is 1. The zero-order valence-corrected chi connectivity index (χ0v) is 8.31. The standard InChI is InChI=1S/C10H11FN4/c1-7-2-3-8(4-10(7)11)15-9(5-12)6-13-14-15/h2-4,6H,5,12H2,1H3. The highest BCUT2D eigenvalue weighted by Crippen LogP contribution is 2.13. The molecule has 0 fully saturated rings. The van der Waals surface area contributed by atoms with Crippen LogP contribution in [0.5, 0.6) is 0 Å². The van der Waals surface area contributed by atoms with Gasteiger partial charge in [-0.15, -0.1) is 5.10 Å². The van der Waals surface area contributed by atoms with Crippen LogP contribution in [0.3, 0.4) is 0 Å². The lowest BCUT2D eigenvalue weighted by Gasteiger charge is -2.05. The van der Waals surface area contributed by atoms with Crippen molar-refractivity contribution in [1.82, 2.24) is 15.0 Å². The van der Waals surface area contributed by atoms with Crippen molar-refractivity contribution in [2.45, 2.75) is 13.5 Å². The van der Waals surface area contributed by atoms with Crippen molar-refractivity contribution < 1.29 is 4.39 Å². The lowest BCUT2D eigenvalue weighted by Crippen LogP contribution is -2.07. The highest BCUT2D eigenvalue weighted by atomic mass is 19.1. The van der Waals surface area contributed by atoms with Crippen molar-refractivity contribution in [3.05, 3.63) is 41.5 Å². The van der Waals surface area contributed by atoms with Crippen molar-refractivity contribution in [2.24, 2.45) is 5.73 Å². The molecule has 15 heavy (non-hydrogen) atoms. The van der Waals surface area contributed by atoms with Crippen molar-refractivity contribution in [2.75, 3.05) is 0 Å². The number of rotatable bonds is 2. The van der Waals surface area contributed by atoms with Crippen LogP contribution < -0.4 is 5.73 Å². The van der Waals surface area contributed by atoms with Crippen LogP contribution in [0.15, 0.2) is 24.4 Å². The first-order valence-corrected chi connectivity index (χ1v) is 4.58. The lowest BCUT2D eigenvalue weighted by atomic mass is 10.2. The molecule has 1 aromatic heterocycles. The van der Waals surface area contributed by atoms with E-state index in [0.29, 0.717) is 17.8 Å². The number of nitrogens with zero attached hydrogens (tertiary/aromatic N) is 3. The maximum atomic E-state index is 13.3. The Hall–Kier alpha value is -1.75. The van der Waals surface area contributed by atoms with Crippen LogP contribution in [0.1, 0.15) is 11.3 Å². The predicted molar refractivity (Wildman–Crippen MR) is 53.9 cm³/mol.